The molecule has 0 bridgehead atoms. The molecule has 1 atom stereocenters. The number of carbonyl (C=O) groups excluding carboxylic acids is 1. The van der Waals surface area contributed by atoms with Crippen molar-refractivity contribution in [2.75, 3.05) is 6.54 Å². The number of hydrogen-bond acceptors (Lipinski definition) is 2. The topological polar surface area (TPSA) is 46.3 Å². The van der Waals surface area contributed by atoms with Crippen LogP contribution in [0.4, 0.5) is 0 Å². The minimum absolute atomic E-state index is 0.0314. The van der Waals surface area contributed by atoms with Gasteiger partial charge < -0.3 is 10.6 Å². The highest BCUT2D eigenvalue weighted by Crippen LogP contribution is 2.30. The van der Waals surface area contributed by atoms with Crippen LogP contribution in [-0.4, -0.2) is 23.4 Å². The van der Waals surface area contributed by atoms with Crippen LogP contribution in [0.5, 0.6) is 0 Å². The van der Waals surface area contributed by atoms with E-state index >= 15 is 0 Å². The third-order valence-corrected chi connectivity index (χ3v) is 4.13. The van der Waals surface area contributed by atoms with E-state index in [0.29, 0.717) is 18.5 Å². The maximum absolute atomic E-state index is 12.8. The van der Waals surface area contributed by atoms with E-state index in [1.807, 2.05) is 0 Å². The summed E-state index contributed by atoms with van der Waals surface area (Å²) in [6.07, 6.45) is 3.15. The average molecular weight is 288 g/mol. The average Bonchev–Trinajstić information content (AvgIpc) is 3.27. The van der Waals surface area contributed by atoms with Crippen LogP contribution in [0.1, 0.15) is 44.2 Å². The largest absolute Gasteiger partial charge is 0.335 e. The van der Waals surface area contributed by atoms with E-state index in [4.69, 9.17) is 5.73 Å². The van der Waals surface area contributed by atoms with Crippen molar-refractivity contribution >= 4 is 5.91 Å². The first kappa shape index (κ1) is 16.0. The molecule has 2 rings (SSSR count). The zero-order valence-electron chi connectivity index (χ0n) is 13.5. The van der Waals surface area contributed by atoms with Gasteiger partial charge in [0.25, 0.3) is 0 Å². The van der Waals surface area contributed by atoms with Crippen molar-refractivity contribution in [2.45, 2.75) is 52.6 Å². The zero-order chi connectivity index (χ0) is 15.4. The Bertz CT molecular complexity index is 463. The lowest BCUT2D eigenvalue weighted by atomic mass is 9.95. The van der Waals surface area contributed by atoms with Gasteiger partial charge in [-0.2, -0.15) is 0 Å². The minimum atomic E-state index is -0.0314. The van der Waals surface area contributed by atoms with Crippen molar-refractivity contribution in [2.24, 2.45) is 17.6 Å². The molecule has 21 heavy (non-hydrogen) atoms. The Balaban J connectivity index is 2.07. The van der Waals surface area contributed by atoms with Gasteiger partial charge in [-0.25, -0.2) is 0 Å². The molecule has 1 aliphatic carbocycles. The van der Waals surface area contributed by atoms with Gasteiger partial charge in [-0.15, -0.1) is 0 Å². The molecule has 116 valence electrons. The fourth-order valence-corrected chi connectivity index (χ4v) is 2.76. The summed E-state index contributed by atoms with van der Waals surface area (Å²) in [6.45, 7) is 7.56. The monoisotopic (exact) mass is 288 g/mol. The number of amides is 1. The van der Waals surface area contributed by atoms with Crippen LogP contribution < -0.4 is 5.73 Å². The number of nitrogens with two attached hydrogens (primary N) is 1. The third-order valence-electron chi connectivity index (χ3n) is 4.13. The highest BCUT2D eigenvalue weighted by Gasteiger charge is 2.35. The van der Waals surface area contributed by atoms with Crippen molar-refractivity contribution in [3.8, 4) is 0 Å². The first-order valence-corrected chi connectivity index (χ1v) is 8.07. The number of carbonyl (C=O) groups is 1. The van der Waals surface area contributed by atoms with Crippen LogP contribution in [0.3, 0.4) is 0 Å². The second-order valence-corrected chi connectivity index (χ2v) is 6.75. The van der Waals surface area contributed by atoms with E-state index < -0.39 is 0 Å². The van der Waals surface area contributed by atoms with E-state index in [-0.39, 0.29) is 11.8 Å². The molecule has 2 N–H and O–H groups in total. The summed E-state index contributed by atoms with van der Waals surface area (Å²) in [5.74, 6) is 0.716. The van der Waals surface area contributed by atoms with Crippen LogP contribution in [-0.2, 0) is 11.3 Å². The molecular weight excluding hydrogens is 260 g/mol. The van der Waals surface area contributed by atoms with Crippen LogP contribution >= 0.6 is 0 Å². The van der Waals surface area contributed by atoms with Gasteiger partial charge in [-0.3, -0.25) is 4.79 Å². The SMILES string of the molecule is Cc1ccc(CN(C(=O)C(CN)CC(C)C)C2CC2)cc1. The van der Waals surface area contributed by atoms with E-state index in [1.165, 1.54) is 11.1 Å². The molecule has 1 saturated carbocycles. The molecule has 0 heterocycles. The molecule has 0 aliphatic heterocycles. The molecule has 1 aromatic rings. The van der Waals surface area contributed by atoms with E-state index in [1.54, 1.807) is 0 Å². The van der Waals surface area contributed by atoms with Gasteiger partial charge in [-0.05, 0) is 37.7 Å². The summed E-state index contributed by atoms with van der Waals surface area (Å²) in [5.41, 5.74) is 8.31. The molecule has 0 spiro atoms. The molecule has 1 fully saturated rings. The minimum Gasteiger partial charge on any atom is -0.335 e. The van der Waals surface area contributed by atoms with Gasteiger partial charge in [0.05, 0.1) is 5.92 Å². The molecular formula is C18H28N2O. The maximum atomic E-state index is 12.8. The maximum Gasteiger partial charge on any atom is 0.227 e. The van der Waals surface area contributed by atoms with Crippen molar-refractivity contribution < 1.29 is 4.79 Å². The Labute approximate surface area is 128 Å². The first-order valence-electron chi connectivity index (χ1n) is 8.07. The molecule has 1 unspecified atom stereocenters. The number of aryl methyl sites for hydroxylation is 1. The molecule has 3 nitrogen and oxygen atoms in total. The van der Waals surface area contributed by atoms with Gasteiger partial charge >= 0.3 is 0 Å². The van der Waals surface area contributed by atoms with Gasteiger partial charge in [0.15, 0.2) is 0 Å². The lowest BCUT2D eigenvalue weighted by molar-refractivity contribution is -0.137. The fourth-order valence-electron chi connectivity index (χ4n) is 2.76. The second kappa shape index (κ2) is 7.08. The summed E-state index contributed by atoms with van der Waals surface area (Å²) in [5, 5.41) is 0. The van der Waals surface area contributed by atoms with Gasteiger partial charge in [0, 0.05) is 19.1 Å². The predicted molar refractivity (Wildman–Crippen MR) is 86.8 cm³/mol. The van der Waals surface area contributed by atoms with Crippen LogP contribution in [0, 0.1) is 18.8 Å². The van der Waals surface area contributed by atoms with Crippen molar-refractivity contribution in [3.05, 3.63) is 35.4 Å². The zero-order valence-corrected chi connectivity index (χ0v) is 13.5. The highest BCUT2D eigenvalue weighted by molar-refractivity contribution is 5.79. The van der Waals surface area contributed by atoms with Crippen LogP contribution in [0.15, 0.2) is 24.3 Å². The first-order chi connectivity index (χ1) is 10.0. The lowest BCUT2D eigenvalue weighted by Gasteiger charge is -2.28. The quantitative estimate of drug-likeness (QED) is 0.838. The smallest absolute Gasteiger partial charge is 0.227 e. The van der Waals surface area contributed by atoms with Crippen molar-refractivity contribution in [1.29, 1.82) is 0 Å². The Morgan fingerprint density at radius 2 is 1.90 bits per heavy atom. The van der Waals surface area contributed by atoms with Crippen molar-refractivity contribution in [3.63, 3.8) is 0 Å². The molecule has 0 aromatic heterocycles. The Morgan fingerprint density at radius 3 is 2.38 bits per heavy atom. The van der Waals surface area contributed by atoms with E-state index in [2.05, 4.69) is 49.9 Å². The van der Waals surface area contributed by atoms with E-state index in [0.717, 1.165) is 25.8 Å². The van der Waals surface area contributed by atoms with Crippen molar-refractivity contribution in [1.82, 2.24) is 4.90 Å². The number of nitrogens with zero attached hydrogens (tertiary/aromatic N) is 1. The van der Waals surface area contributed by atoms with E-state index in [9.17, 15) is 4.79 Å². The lowest BCUT2D eigenvalue weighted by Crippen LogP contribution is -2.40. The van der Waals surface area contributed by atoms with Gasteiger partial charge in [-0.1, -0.05) is 43.7 Å². The predicted octanol–water partition coefficient (Wildman–Crippen LogP) is 3.11. The molecule has 1 amide bonds. The highest BCUT2D eigenvalue weighted by atomic mass is 16.2. The summed E-state index contributed by atoms with van der Waals surface area (Å²) < 4.78 is 0. The van der Waals surface area contributed by atoms with Crippen LogP contribution in [0.25, 0.3) is 0 Å². The molecule has 0 radical (unpaired) electrons. The molecule has 3 heteroatoms. The molecule has 1 aliphatic rings. The Morgan fingerprint density at radius 1 is 1.29 bits per heavy atom. The Hall–Kier alpha value is -1.35. The number of hydrogen-bond donors (Lipinski definition) is 1. The summed E-state index contributed by atoms with van der Waals surface area (Å²) in [7, 11) is 0. The standard InChI is InChI=1S/C18H28N2O/c1-13(2)10-16(11-19)18(21)20(17-8-9-17)12-15-6-4-14(3)5-7-15/h4-7,13,16-17H,8-12,19H2,1-3H3. The number of rotatable bonds is 7. The Kier molecular flexibility index (Phi) is 5.40. The van der Waals surface area contributed by atoms with Gasteiger partial charge in [0.1, 0.15) is 0 Å². The normalized spacial score (nSPS) is 16.0. The molecule has 0 saturated heterocycles. The summed E-state index contributed by atoms with van der Waals surface area (Å²) >= 11 is 0. The third kappa shape index (κ3) is 4.57. The summed E-state index contributed by atoms with van der Waals surface area (Å²) in [4.78, 5) is 14.9. The second-order valence-electron chi connectivity index (χ2n) is 6.75. The number of benzene rings is 1. The van der Waals surface area contributed by atoms with Gasteiger partial charge in [0.2, 0.25) is 5.91 Å². The molecule has 1 aromatic carbocycles. The summed E-state index contributed by atoms with van der Waals surface area (Å²) in [6, 6.07) is 8.90. The fraction of sp³-hybridized carbons (Fsp3) is 0.611. The van der Waals surface area contributed by atoms with Crippen LogP contribution in [0.2, 0.25) is 0 Å².